The van der Waals surface area contributed by atoms with Crippen LogP contribution in [0, 0.1) is 0 Å². The Bertz CT molecular complexity index is 389. The predicted molar refractivity (Wildman–Crippen MR) is 84.4 cm³/mol. The molecular weight excluding hydrogens is 268 g/mol. The molecule has 2 unspecified atom stereocenters. The van der Waals surface area contributed by atoms with Crippen molar-refractivity contribution in [1.82, 2.24) is 10.2 Å². The van der Waals surface area contributed by atoms with Gasteiger partial charge in [-0.2, -0.15) is 0 Å². The van der Waals surface area contributed by atoms with Crippen LogP contribution in [0.15, 0.2) is 17.5 Å². The van der Waals surface area contributed by atoms with Gasteiger partial charge in [0.15, 0.2) is 0 Å². The minimum absolute atomic E-state index is 0.271. The Balaban J connectivity index is 1.63. The van der Waals surface area contributed by atoms with E-state index in [9.17, 15) is 5.11 Å². The smallest absolute Gasteiger partial charge is 0.0558 e. The maximum Gasteiger partial charge on any atom is 0.0558 e. The highest BCUT2D eigenvalue weighted by atomic mass is 32.1. The average molecular weight is 294 g/mol. The van der Waals surface area contributed by atoms with E-state index in [1.165, 1.54) is 37.0 Å². The zero-order chi connectivity index (χ0) is 13.8. The SMILES string of the molecule is OCCN1CC(NC2CCCC2)CC(c2cccs2)C1. The normalized spacial score (nSPS) is 29.1. The second kappa shape index (κ2) is 7.03. The molecule has 112 valence electrons. The van der Waals surface area contributed by atoms with E-state index in [-0.39, 0.29) is 6.61 Å². The first-order chi connectivity index (χ1) is 9.85. The predicted octanol–water partition coefficient (Wildman–Crippen LogP) is 2.43. The molecule has 2 heterocycles. The third-order valence-electron chi connectivity index (χ3n) is 4.71. The van der Waals surface area contributed by atoms with Crippen LogP contribution in [0.4, 0.5) is 0 Å². The molecule has 1 aromatic heterocycles. The number of hydrogen-bond acceptors (Lipinski definition) is 4. The molecule has 2 atom stereocenters. The van der Waals surface area contributed by atoms with Crippen LogP contribution < -0.4 is 5.32 Å². The highest BCUT2D eigenvalue weighted by molar-refractivity contribution is 7.10. The third kappa shape index (κ3) is 3.61. The molecule has 1 saturated carbocycles. The molecule has 0 radical (unpaired) electrons. The summed E-state index contributed by atoms with van der Waals surface area (Å²) in [5.74, 6) is 0.634. The summed E-state index contributed by atoms with van der Waals surface area (Å²) in [5.41, 5.74) is 0. The number of aliphatic hydroxyl groups excluding tert-OH is 1. The van der Waals surface area contributed by atoms with Gasteiger partial charge in [-0.05, 0) is 30.7 Å². The molecular formula is C16H26N2OS. The molecule has 1 aliphatic heterocycles. The van der Waals surface area contributed by atoms with Crippen molar-refractivity contribution in [3.8, 4) is 0 Å². The number of thiophene rings is 1. The summed E-state index contributed by atoms with van der Waals surface area (Å²) >= 11 is 1.88. The molecule has 0 aromatic carbocycles. The van der Waals surface area contributed by atoms with Crippen LogP contribution >= 0.6 is 11.3 Å². The molecule has 1 aromatic rings. The average Bonchev–Trinajstić information content (AvgIpc) is 3.11. The highest BCUT2D eigenvalue weighted by Gasteiger charge is 2.30. The standard InChI is InChI=1S/C16H26N2OS/c19-8-7-18-11-13(16-6-3-9-20-16)10-15(12-18)17-14-4-1-2-5-14/h3,6,9,13-15,17,19H,1-2,4-5,7-8,10-12H2. The van der Waals surface area contributed by atoms with E-state index in [2.05, 4.69) is 27.7 Å². The fourth-order valence-corrected chi connectivity index (χ4v) is 4.63. The Kier molecular flexibility index (Phi) is 5.10. The van der Waals surface area contributed by atoms with Crippen LogP contribution in [0.1, 0.15) is 42.9 Å². The summed E-state index contributed by atoms with van der Waals surface area (Å²) in [6, 6.07) is 5.75. The molecule has 4 heteroatoms. The van der Waals surface area contributed by atoms with Gasteiger partial charge in [0.05, 0.1) is 6.61 Å². The number of nitrogens with one attached hydrogen (secondary N) is 1. The van der Waals surface area contributed by atoms with Crippen molar-refractivity contribution in [3.05, 3.63) is 22.4 Å². The van der Waals surface area contributed by atoms with Crippen molar-refractivity contribution in [2.45, 2.75) is 50.1 Å². The minimum atomic E-state index is 0.271. The molecule has 1 aliphatic carbocycles. The number of rotatable bonds is 5. The summed E-state index contributed by atoms with van der Waals surface area (Å²) in [6.07, 6.45) is 6.72. The van der Waals surface area contributed by atoms with E-state index in [4.69, 9.17) is 0 Å². The van der Waals surface area contributed by atoms with Gasteiger partial charge in [-0.25, -0.2) is 0 Å². The largest absolute Gasteiger partial charge is 0.395 e. The number of aliphatic hydroxyl groups is 1. The van der Waals surface area contributed by atoms with Crippen molar-refractivity contribution in [1.29, 1.82) is 0 Å². The first kappa shape index (κ1) is 14.5. The zero-order valence-electron chi connectivity index (χ0n) is 12.1. The molecule has 3 nitrogen and oxygen atoms in total. The van der Waals surface area contributed by atoms with Gasteiger partial charge in [-0.1, -0.05) is 18.9 Å². The fraction of sp³-hybridized carbons (Fsp3) is 0.750. The van der Waals surface area contributed by atoms with E-state index in [0.29, 0.717) is 12.0 Å². The first-order valence-electron chi connectivity index (χ1n) is 7.98. The Morgan fingerprint density at radius 2 is 2.10 bits per heavy atom. The van der Waals surface area contributed by atoms with Gasteiger partial charge in [0.25, 0.3) is 0 Å². The van der Waals surface area contributed by atoms with Gasteiger partial charge in [-0.3, -0.25) is 4.90 Å². The Morgan fingerprint density at radius 1 is 1.25 bits per heavy atom. The van der Waals surface area contributed by atoms with Crippen molar-refractivity contribution in [2.24, 2.45) is 0 Å². The number of piperidine rings is 1. The first-order valence-corrected chi connectivity index (χ1v) is 8.86. The van der Waals surface area contributed by atoms with Crippen LogP contribution in [0.5, 0.6) is 0 Å². The lowest BCUT2D eigenvalue weighted by atomic mass is 9.92. The van der Waals surface area contributed by atoms with Gasteiger partial charge < -0.3 is 10.4 Å². The van der Waals surface area contributed by atoms with Crippen LogP contribution in [-0.2, 0) is 0 Å². The summed E-state index contributed by atoms with van der Waals surface area (Å²) in [7, 11) is 0. The minimum Gasteiger partial charge on any atom is -0.395 e. The molecule has 2 aliphatic rings. The molecule has 2 fully saturated rings. The van der Waals surface area contributed by atoms with Gasteiger partial charge in [-0.15, -0.1) is 11.3 Å². The Labute approximate surface area is 126 Å². The second-order valence-corrected chi connectivity index (χ2v) is 7.26. The molecule has 2 N–H and O–H groups in total. The van der Waals surface area contributed by atoms with E-state index in [1.54, 1.807) is 0 Å². The van der Waals surface area contributed by atoms with Crippen molar-refractivity contribution in [3.63, 3.8) is 0 Å². The molecule has 0 bridgehead atoms. The molecule has 0 amide bonds. The van der Waals surface area contributed by atoms with E-state index in [0.717, 1.165) is 25.7 Å². The lowest BCUT2D eigenvalue weighted by molar-refractivity contribution is 0.135. The van der Waals surface area contributed by atoms with E-state index >= 15 is 0 Å². The molecule has 20 heavy (non-hydrogen) atoms. The van der Waals surface area contributed by atoms with Crippen LogP contribution in [-0.4, -0.2) is 48.3 Å². The van der Waals surface area contributed by atoms with E-state index < -0.39 is 0 Å². The van der Waals surface area contributed by atoms with Crippen molar-refractivity contribution in [2.75, 3.05) is 26.2 Å². The lowest BCUT2D eigenvalue weighted by Gasteiger charge is -2.38. The number of β-amino-alcohol motifs (C(OH)–C–C–N with tert-alkyl or cyclic N) is 1. The van der Waals surface area contributed by atoms with Gasteiger partial charge in [0.1, 0.15) is 0 Å². The van der Waals surface area contributed by atoms with Crippen LogP contribution in [0.2, 0.25) is 0 Å². The highest BCUT2D eigenvalue weighted by Crippen LogP contribution is 2.31. The number of hydrogen-bond donors (Lipinski definition) is 2. The van der Waals surface area contributed by atoms with Gasteiger partial charge in [0, 0.05) is 42.5 Å². The molecule has 0 spiro atoms. The number of nitrogens with zero attached hydrogens (tertiary/aromatic N) is 1. The van der Waals surface area contributed by atoms with Gasteiger partial charge in [0.2, 0.25) is 0 Å². The number of likely N-dealkylation sites (tertiary alicyclic amines) is 1. The maximum atomic E-state index is 9.25. The molecule has 1 saturated heterocycles. The second-order valence-electron chi connectivity index (χ2n) is 6.28. The third-order valence-corrected chi connectivity index (χ3v) is 5.75. The summed E-state index contributed by atoms with van der Waals surface area (Å²) in [5, 5.41) is 15.3. The Hall–Kier alpha value is -0.420. The summed E-state index contributed by atoms with van der Waals surface area (Å²) < 4.78 is 0. The zero-order valence-corrected chi connectivity index (χ0v) is 12.9. The van der Waals surface area contributed by atoms with Crippen LogP contribution in [0.25, 0.3) is 0 Å². The van der Waals surface area contributed by atoms with Crippen molar-refractivity contribution < 1.29 is 5.11 Å². The quantitative estimate of drug-likeness (QED) is 0.875. The summed E-state index contributed by atoms with van der Waals surface area (Å²) in [4.78, 5) is 3.94. The lowest BCUT2D eigenvalue weighted by Crippen LogP contribution is -2.51. The molecule has 3 rings (SSSR count). The summed E-state index contributed by atoms with van der Waals surface area (Å²) in [6.45, 7) is 3.28. The van der Waals surface area contributed by atoms with E-state index in [1.807, 2.05) is 11.3 Å². The fourth-order valence-electron chi connectivity index (χ4n) is 3.79. The monoisotopic (exact) mass is 294 g/mol. The topological polar surface area (TPSA) is 35.5 Å². The maximum absolute atomic E-state index is 9.25. The van der Waals surface area contributed by atoms with Crippen LogP contribution in [0.3, 0.4) is 0 Å². The Morgan fingerprint density at radius 3 is 2.80 bits per heavy atom. The van der Waals surface area contributed by atoms with Crippen molar-refractivity contribution >= 4 is 11.3 Å². The van der Waals surface area contributed by atoms with Gasteiger partial charge >= 0.3 is 0 Å².